The lowest BCUT2D eigenvalue weighted by molar-refractivity contribution is -0.143. The minimum absolute atomic E-state index is 0.382. The molecule has 4 rings (SSSR count). The molecule has 0 aliphatic heterocycles. The van der Waals surface area contributed by atoms with Crippen molar-refractivity contribution in [1.82, 2.24) is 10.3 Å². The van der Waals surface area contributed by atoms with Gasteiger partial charge in [0.15, 0.2) is 0 Å². The van der Waals surface area contributed by atoms with Crippen LogP contribution >= 0.6 is 0 Å². The number of amides is 1. The molecule has 0 radical (unpaired) electrons. The van der Waals surface area contributed by atoms with Crippen LogP contribution in [-0.4, -0.2) is 30.0 Å². The predicted octanol–water partition coefficient (Wildman–Crippen LogP) is 4.34. The first kappa shape index (κ1) is 20.3. The molecule has 0 fully saturated rings. The van der Waals surface area contributed by atoms with Crippen LogP contribution in [0.4, 0.5) is 0 Å². The zero-order chi connectivity index (χ0) is 21.6. The van der Waals surface area contributed by atoms with Crippen molar-refractivity contribution in [3.8, 4) is 0 Å². The van der Waals surface area contributed by atoms with Gasteiger partial charge in [0.2, 0.25) is 0 Å². The van der Waals surface area contributed by atoms with Gasteiger partial charge in [0.25, 0.3) is 5.91 Å². The van der Waals surface area contributed by atoms with Crippen molar-refractivity contribution >= 4 is 22.8 Å². The molecule has 0 aliphatic rings. The van der Waals surface area contributed by atoms with E-state index in [-0.39, 0.29) is 5.91 Å². The summed E-state index contributed by atoms with van der Waals surface area (Å²) in [6.45, 7) is 0. The van der Waals surface area contributed by atoms with E-state index in [0.717, 1.165) is 22.0 Å². The van der Waals surface area contributed by atoms with Crippen LogP contribution in [0.25, 0.3) is 10.9 Å². The molecule has 1 aromatic heterocycles. The highest BCUT2D eigenvalue weighted by Crippen LogP contribution is 2.29. The van der Waals surface area contributed by atoms with E-state index in [0.29, 0.717) is 5.56 Å². The molecular weight excluding hydrogens is 388 g/mol. The second-order valence-corrected chi connectivity index (χ2v) is 7.19. The van der Waals surface area contributed by atoms with E-state index in [1.165, 1.54) is 13.3 Å². The molecule has 0 saturated heterocycles. The minimum atomic E-state index is -0.909. The molecule has 0 unspecified atom stereocenters. The van der Waals surface area contributed by atoms with Crippen LogP contribution < -0.4 is 5.32 Å². The van der Waals surface area contributed by atoms with E-state index in [9.17, 15) is 9.59 Å². The van der Waals surface area contributed by atoms with Gasteiger partial charge < -0.3 is 10.1 Å². The standard InChI is InChI=1S/C26H22N2O3/c1-31-26(30)24(23(18-10-4-2-5-11-18)19-12-6-3-7-13-19)28-25(29)21-16-20-14-8-9-15-22(20)27-17-21/h2-17,23-24H,1H3,(H,28,29)/t24-/m0/s1. The first-order valence-corrected chi connectivity index (χ1v) is 10.0. The van der Waals surface area contributed by atoms with Gasteiger partial charge in [-0.3, -0.25) is 9.78 Å². The Hall–Kier alpha value is -3.99. The van der Waals surface area contributed by atoms with E-state index in [4.69, 9.17) is 4.74 Å². The van der Waals surface area contributed by atoms with E-state index < -0.39 is 17.9 Å². The normalized spacial score (nSPS) is 11.8. The van der Waals surface area contributed by atoms with Gasteiger partial charge in [0.1, 0.15) is 6.04 Å². The summed E-state index contributed by atoms with van der Waals surface area (Å²) in [6, 6.07) is 27.7. The molecule has 0 aliphatic carbocycles. The number of fused-ring (bicyclic) bond motifs is 1. The number of nitrogens with one attached hydrogen (secondary N) is 1. The fourth-order valence-corrected chi connectivity index (χ4v) is 3.72. The van der Waals surface area contributed by atoms with Crippen molar-refractivity contribution in [2.24, 2.45) is 0 Å². The summed E-state index contributed by atoms with van der Waals surface area (Å²) in [5, 5.41) is 3.75. The number of rotatable bonds is 6. The third kappa shape index (κ3) is 4.46. The third-order valence-corrected chi connectivity index (χ3v) is 5.25. The molecule has 31 heavy (non-hydrogen) atoms. The van der Waals surface area contributed by atoms with Crippen LogP contribution in [0.1, 0.15) is 27.4 Å². The van der Waals surface area contributed by atoms with Crippen LogP contribution in [0, 0.1) is 0 Å². The Bertz CT molecular complexity index is 1150. The van der Waals surface area contributed by atoms with E-state index in [1.807, 2.05) is 84.9 Å². The highest BCUT2D eigenvalue weighted by molar-refractivity contribution is 5.99. The average molecular weight is 410 g/mol. The van der Waals surface area contributed by atoms with Crippen LogP contribution in [0.5, 0.6) is 0 Å². The van der Waals surface area contributed by atoms with Gasteiger partial charge in [-0.05, 0) is 23.3 Å². The Labute approximate surface area is 180 Å². The number of methoxy groups -OCH3 is 1. The second kappa shape index (κ2) is 9.22. The Kier molecular flexibility index (Phi) is 6.03. The van der Waals surface area contributed by atoms with Crippen molar-refractivity contribution < 1.29 is 14.3 Å². The molecular formula is C26H22N2O3. The second-order valence-electron chi connectivity index (χ2n) is 7.19. The summed E-state index contributed by atoms with van der Waals surface area (Å²) in [7, 11) is 1.33. The summed E-state index contributed by atoms with van der Waals surface area (Å²) >= 11 is 0. The highest BCUT2D eigenvalue weighted by atomic mass is 16.5. The lowest BCUT2D eigenvalue weighted by Gasteiger charge is -2.27. The van der Waals surface area contributed by atoms with Crippen LogP contribution in [0.2, 0.25) is 0 Å². The molecule has 4 aromatic rings. The van der Waals surface area contributed by atoms with E-state index in [1.54, 1.807) is 6.07 Å². The molecule has 1 N–H and O–H groups in total. The van der Waals surface area contributed by atoms with Gasteiger partial charge in [0, 0.05) is 17.5 Å². The van der Waals surface area contributed by atoms with Crippen molar-refractivity contribution in [3.05, 3.63) is 114 Å². The number of hydrogen-bond donors (Lipinski definition) is 1. The molecule has 0 spiro atoms. The Morgan fingerprint density at radius 2 is 1.42 bits per heavy atom. The minimum Gasteiger partial charge on any atom is -0.467 e. The molecule has 1 heterocycles. The van der Waals surface area contributed by atoms with Crippen molar-refractivity contribution in [2.75, 3.05) is 7.11 Å². The molecule has 154 valence electrons. The molecule has 3 aromatic carbocycles. The fourth-order valence-electron chi connectivity index (χ4n) is 3.72. The number of para-hydroxylation sites is 1. The largest absolute Gasteiger partial charge is 0.467 e. The summed E-state index contributed by atoms with van der Waals surface area (Å²) in [5.74, 6) is -1.31. The van der Waals surface area contributed by atoms with Crippen molar-refractivity contribution in [1.29, 1.82) is 0 Å². The van der Waals surface area contributed by atoms with Gasteiger partial charge in [-0.25, -0.2) is 4.79 Å². The zero-order valence-corrected chi connectivity index (χ0v) is 17.1. The van der Waals surface area contributed by atoms with E-state index >= 15 is 0 Å². The van der Waals surface area contributed by atoms with Gasteiger partial charge in [0.05, 0.1) is 18.2 Å². The third-order valence-electron chi connectivity index (χ3n) is 5.25. The lowest BCUT2D eigenvalue weighted by Crippen LogP contribution is -2.46. The van der Waals surface area contributed by atoms with Gasteiger partial charge >= 0.3 is 5.97 Å². The number of ether oxygens (including phenoxy) is 1. The number of pyridine rings is 1. The summed E-state index contributed by atoms with van der Waals surface area (Å²) in [5.41, 5.74) is 2.99. The first-order valence-electron chi connectivity index (χ1n) is 10.0. The number of carbonyl (C=O) groups is 2. The van der Waals surface area contributed by atoms with Crippen LogP contribution in [0.15, 0.2) is 97.2 Å². The molecule has 0 saturated carbocycles. The topological polar surface area (TPSA) is 68.3 Å². The Balaban J connectivity index is 1.72. The molecule has 1 atom stereocenters. The summed E-state index contributed by atoms with van der Waals surface area (Å²) in [6.07, 6.45) is 1.52. The number of benzene rings is 3. The van der Waals surface area contributed by atoms with Crippen LogP contribution in [0.3, 0.4) is 0 Å². The number of nitrogens with zero attached hydrogens (tertiary/aromatic N) is 1. The molecule has 5 heteroatoms. The highest BCUT2D eigenvalue weighted by Gasteiger charge is 2.33. The molecule has 5 nitrogen and oxygen atoms in total. The lowest BCUT2D eigenvalue weighted by atomic mass is 9.84. The van der Waals surface area contributed by atoms with Gasteiger partial charge in [-0.2, -0.15) is 0 Å². The molecule has 1 amide bonds. The number of aromatic nitrogens is 1. The Morgan fingerprint density at radius 3 is 2.03 bits per heavy atom. The molecule has 0 bridgehead atoms. The van der Waals surface area contributed by atoms with Gasteiger partial charge in [-0.1, -0.05) is 78.9 Å². The number of carbonyl (C=O) groups excluding carboxylic acids is 2. The maximum Gasteiger partial charge on any atom is 0.329 e. The maximum atomic E-state index is 13.1. The first-order chi connectivity index (χ1) is 15.2. The number of esters is 1. The van der Waals surface area contributed by atoms with Crippen molar-refractivity contribution in [2.45, 2.75) is 12.0 Å². The van der Waals surface area contributed by atoms with E-state index in [2.05, 4.69) is 10.3 Å². The average Bonchev–Trinajstić information content (AvgIpc) is 2.84. The quantitative estimate of drug-likeness (QED) is 0.480. The monoisotopic (exact) mass is 410 g/mol. The smallest absolute Gasteiger partial charge is 0.329 e. The zero-order valence-electron chi connectivity index (χ0n) is 17.1. The van der Waals surface area contributed by atoms with Crippen molar-refractivity contribution in [3.63, 3.8) is 0 Å². The van der Waals surface area contributed by atoms with Gasteiger partial charge in [-0.15, -0.1) is 0 Å². The summed E-state index contributed by atoms with van der Waals surface area (Å²) < 4.78 is 5.07. The number of hydrogen-bond acceptors (Lipinski definition) is 4. The Morgan fingerprint density at radius 1 is 0.839 bits per heavy atom. The predicted molar refractivity (Wildman–Crippen MR) is 120 cm³/mol. The SMILES string of the molecule is COC(=O)[C@@H](NC(=O)c1cnc2ccccc2c1)C(c1ccccc1)c1ccccc1. The fraction of sp³-hybridized carbons (Fsp3) is 0.115. The maximum absolute atomic E-state index is 13.1. The van der Waals surface area contributed by atoms with Crippen LogP contribution in [-0.2, 0) is 9.53 Å². The summed E-state index contributed by atoms with van der Waals surface area (Å²) in [4.78, 5) is 30.3.